The van der Waals surface area contributed by atoms with E-state index in [4.69, 9.17) is 4.74 Å². The van der Waals surface area contributed by atoms with Crippen LogP contribution in [0.15, 0.2) is 34.6 Å². The Balaban J connectivity index is 2.17. The van der Waals surface area contributed by atoms with Crippen LogP contribution in [0.2, 0.25) is 0 Å². The van der Waals surface area contributed by atoms with Gasteiger partial charge in [-0.25, -0.2) is 9.78 Å². The zero-order valence-corrected chi connectivity index (χ0v) is 13.8. The summed E-state index contributed by atoms with van der Waals surface area (Å²) in [6.45, 7) is 0.228. The monoisotopic (exact) mass is 346 g/mol. The molecule has 7 nitrogen and oxygen atoms in total. The van der Waals surface area contributed by atoms with E-state index in [1.54, 1.807) is 19.2 Å². The van der Waals surface area contributed by atoms with E-state index in [1.165, 1.54) is 21.4 Å². The first-order valence-corrected chi connectivity index (χ1v) is 7.85. The van der Waals surface area contributed by atoms with E-state index in [2.05, 4.69) is 9.72 Å². The molecule has 0 atom stereocenters. The van der Waals surface area contributed by atoms with E-state index >= 15 is 0 Å². The van der Waals surface area contributed by atoms with Crippen molar-refractivity contribution < 1.29 is 19.4 Å². The van der Waals surface area contributed by atoms with Gasteiger partial charge in [0.05, 0.1) is 26.3 Å². The zero-order valence-electron chi connectivity index (χ0n) is 13.0. The molecule has 0 spiro atoms. The molecule has 0 unspecified atom stereocenters. The maximum atomic E-state index is 12.7. The highest BCUT2D eigenvalue weighted by atomic mass is 32.1. The number of nitrogens with zero attached hydrogens (tertiary/aromatic N) is 2. The lowest BCUT2D eigenvalue weighted by molar-refractivity contribution is 0.0595. The first-order chi connectivity index (χ1) is 11.6. The second kappa shape index (κ2) is 6.32. The van der Waals surface area contributed by atoms with E-state index in [-0.39, 0.29) is 12.1 Å². The molecule has 0 aliphatic carbocycles. The van der Waals surface area contributed by atoms with Crippen LogP contribution in [0, 0.1) is 0 Å². The first-order valence-electron chi connectivity index (χ1n) is 6.97. The third-order valence-corrected chi connectivity index (χ3v) is 4.45. The van der Waals surface area contributed by atoms with Crippen molar-refractivity contribution in [1.82, 2.24) is 9.55 Å². The standard InChI is InChI=1S/C16H14N2O5S/c1-22-10-5-3-9(4-6-10)7-18-14(20)11(16(21)23-2)13(19)12-15(18)24-8-17-12/h3-6,8,19H,7H2,1-2H3. The van der Waals surface area contributed by atoms with Crippen LogP contribution >= 0.6 is 11.3 Å². The van der Waals surface area contributed by atoms with E-state index < -0.39 is 22.8 Å². The number of rotatable bonds is 4. The zero-order chi connectivity index (χ0) is 17.3. The molecule has 3 aromatic rings. The van der Waals surface area contributed by atoms with Gasteiger partial charge in [0.25, 0.3) is 5.56 Å². The van der Waals surface area contributed by atoms with Crippen LogP contribution in [0.1, 0.15) is 15.9 Å². The lowest BCUT2D eigenvalue weighted by atomic mass is 10.2. The van der Waals surface area contributed by atoms with Crippen molar-refractivity contribution in [3.8, 4) is 11.5 Å². The van der Waals surface area contributed by atoms with Crippen molar-refractivity contribution in [3.05, 3.63) is 51.3 Å². The van der Waals surface area contributed by atoms with Crippen LogP contribution in [0.25, 0.3) is 10.3 Å². The topological polar surface area (TPSA) is 90.7 Å². The van der Waals surface area contributed by atoms with Crippen LogP contribution in [0.3, 0.4) is 0 Å². The summed E-state index contributed by atoms with van der Waals surface area (Å²) >= 11 is 1.21. The molecule has 24 heavy (non-hydrogen) atoms. The van der Waals surface area contributed by atoms with Gasteiger partial charge in [0.2, 0.25) is 0 Å². The molecule has 0 fully saturated rings. The summed E-state index contributed by atoms with van der Waals surface area (Å²) in [5.74, 6) is -0.639. The number of methoxy groups -OCH3 is 2. The molecule has 0 aliphatic rings. The molecule has 0 aliphatic heterocycles. The minimum atomic E-state index is -0.893. The minimum absolute atomic E-state index is 0.202. The number of aromatic nitrogens is 2. The molecule has 0 saturated heterocycles. The summed E-state index contributed by atoms with van der Waals surface area (Å²) < 4.78 is 11.1. The normalized spacial score (nSPS) is 10.8. The van der Waals surface area contributed by atoms with Crippen LogP contribution in [0.5, 0.6) is 11.5 Å². The maximum Gasteiger partial charge on any atom is 0.347 e. The Morgan fingerprint density at radius 1 is 1.29 bits per heavy atom. The summed E-state index contributed by atoms with van der Waals surface area (Å²) in [6, 6.07) is 7.21. The molecule has 2 heterocycles. The second-order valence-corrected chi connectivity index (χ2v) is 5.79. The van der Waals surface area contributed by atoms with Crippen molar-refractivity contribution in [1.29, 1.82) is 0 Å². The van der Waals surface area contributed by atoms with Gasteiger partial charge in [-0.15, -0.1) is 11.3 Å². The molecule has 0 bridgehead atoms. The van der Waals surface area contributed by atoms with Crippen LogP contribution in [-0.4, -0.2) is 34.8 Å². The molecule has 2 aromatic heterocycles. The molecule has 3 rings (SSSR count). The Bertz CT molecular complexity index is 959. The Kier molecular flexibility index (Phi) is 4.22. The molecule has 1 N–H and O–H groups in total. The number of thiazole rings is 1. The van der Waals surface area contributed by atoms with Gasteiger partial charge < -0.3 is 14.6 Å². The Morgan fingerprint density at radius 3 is 2.62 bits per heavy atom. The number of carbonyl (C=O) groups excluding carboxylic acids is 1. The lowest BCUT2D eigenvalue weighted by Crippen LogP contribution is -2.27. The van der Waals surface area contributed by atoms with Crippen molar-refractivity contribution >= 4 is 27.7 Å². The summed E-state index contributed by atoms with van der Waals surface area (Å²) in [5, 5.41) is 10.2. The Morgan fingerprint density at radius 2 is 2.00 bits per heavy atom. The predicted molar refractivity (Wildman–Crippen MR) is 89.0 cm³/mol. The van der Waals surface area contributed by atoms with Crippen molar-refractivity contribution in [2.45, 2.75) is 6.54 Å². The number of pyridine rings is 1. The number of benzene rings is 1. The van der Waals surface area contributed by atoms with E-state index in [1.807, 2.05) is 12.1 Å². The van der Waals surface area contributed by atoms with Gasteiger partial charge in [0, 0.05) is 0 Å². The molecule has 0 saturated carbocycles. The molecule has 0 radical (unpaired) electrons. The molecule has 0 amide bonds. The highest BCUT2D eigenvalue weighted by Gasteiger charge is 2.24. The fourth-order valence-electron chi connectivity index (χ4n) is 2.38. The third-order valence-electron chi connectivity index (χ3n) is 3.60. The Hall–Kier alpha value is -2.87. The first kappa shape index (κ1) is 16.0. The Labute approximate surface area is 140 Å². The largest absolute Gasteiger partial charge is 0.505 e. The molecule has 1 aromatic carbocycles. The average Bonchev–Trinajstić information content (AvgIpc) is 3.09. The summed E-state index contributed by atoms with van der Waals surface area (Å²) in [6.07, 6.45) is 0. The van der Waals surface area contributed by atoms with Crippen LogP contribution in [0.4, 0.5) is 0 Å². The van der Waals surface area contributed by atoms with E-state index in [9.17, 15) is 14.7 Å². The molecular formula is C16H14N2O5S. The fraction of sp³-hybridized carbons (Fsp3) is 0.188. The van der Waals surface area contributed by atoms with E-state index in [0.717, 1.165) is 12.7 Å². The number of hydrogen-bond donors (Lipinski definition) is 1. The van der Waals surface area contributed by atoms with Gasteiger partial charge in [-0.1, -0.05) is 12.1 Å². The summed E-state index contributed by atoms with van der Waals surface area (Å²) in [5.41, 5.74) is 1.52. The smallest absolute Gasteiger partial charge is 0.347 e. The van der Waals surface area contributed by atoms with E-state index in [0.29, 0.717) is 10.6 Å². The van der Waals surface area contributed by atoms with Gasteiger partial charge >= 0.3 is 5.97 Å². The predicted octanol–water partition coefficient (Wildman–Crippen LogP) is 2.01. The van der Waals surface area contributed by atoms with Gasteiger partial charge in [-0.05, 0) is 17.7 Å². The fourth-order valence-corrected chi connectivity index (χ4v) is 3.18. The van der Waals surface area contributed by atoms with Crippen molar-refractivity contribution in [3.63, 3.8) is 0 Å². The number of ether oxygens (including phenoxy) is 2. The van der Waals surface area contributed by atoms with Crippen molar-refractivity contribution in [2.75, 3.05) is 14.2 Å². The summed E-state index contributed by atoms with van der Waals surface area (Å²) in [4.78, 5) is 29.1. The lowest BCUT2D eigenvalue weighted by Gasteiger charge is -2.11. The SMILES string of the molecule is COC(=O)c1c(O)c2ncsc2n(Cc2ccc(OC)cc2)c1=O. The number of fused-ring (bicyclic) bond motifs is 1. The van der Waals surface area contributed by atoms with Gasteiger partial charge in [0.15, 0.2) is 11.3 Å². The maximum absolute atomic E-state index is 12.7. The van der Waals surface area contributed by atoms with Gasteiger partial charge in [-0.3, -0.25) is 9.36 Å². The minimum Gasteiger partial charge on any atom is -0.505 e. The van der Waals surface area contributed by atoms with Crippen LogP contribution in [-0.2, 0) is 11.3 Å². The highest BCUT2D eigenvalue weighted by Crippen LogP contribution is 2.28. The number of aromatic hydroxyl groups is 1. The van der Waals surface area contributed by atoms with Crippen molar-refractivity contribution in [2.24, 2.45) is 0 Å². The van der Waals surface area contributed by atoms with Gasteiger partial charge in [0.1, 0.15) is 16.1 Å². The molecule has 124 valence electrons. The average molecular weight is 346 g/mol. The summed E-state index contributed by atoms with van der Waals surface area (Å²) in [7, 11) is 2.73. The highest BCUT2D eigenvalue weighted by molar-refractivity contribution is 7.16. The third kappa shape index (κ3) is 2.61. The molecule has 8 heteroatoms. The molecular weight excluding hydrogens is 332 g/mol. The van der Waals surface area contributed by atoms with Crippen LogP contribution < -0.4 is 10.3 Å². The number of hydrogen-bond acceptors (Lipinski definition) is 7. The number of esters is 1. The second-order valence-electron chi connectivity index (χ2n) is 4.96. The quantitative estimate of drug-likeness (QED) is 0.727. The van der Waals surface area contributed by atoms with Gasteiger partial charge in [-0.2, -0.15) is 0 Å². The number of carbonyl (C=O) groups is 1.